The van der Waals surface area contributed by atoms with Crippen molar-refractivity contribution < 1.29 is 18.3 Å². The van der Waals surface area contributed by atoms with Crippen LogP contribution in [0.1, 0.15) is 50.8 Å². The van der Waals surface area contributed by atoms with Crippen LogP contribution in [0.5, 0.6) is 0 Å². The smallest absolute Gasteiger partial charge is 0.332 e. The Morgan fingerprint density at radius 2 is 2.11 bits per heavy atom. The maximum Gasteiger partial charge on any atom is 0.332 e. The van der Waals surface area contributed by atoms with Crippen molar-refractivity contribution in [1.29, 1.82) is 5.26 Å². The van der Waals surface area contributed by atoms with Gasteiger partial charge in [-0.15, -0.1) is 0 Å². The number of rotatable bonds is 11. The van der Waals surface area contributed by atoms with Gasteiger partial charge in [0, 0.05) is 11.8 Å². The number of unbranched alkanes of at least 4 members (excludes halogenated alkanes) is 1. The Bertz CT molecular complexity index is 743. The second kappa shape index (κ2) is 11.3. The number of aromatic amines is 1. The highest BCUT2D eigenvalue weighted by atomic mass is 31.2. The predicted octanol–water partition coefficient (Wildman–Crippen LogP) is 2.51. The number of nitriles is 1. The first-order valence-electron chi connectivity index (χ1n) is 9.08. The van der Waals surface area contributed by atoms with Crippen LogP contribution in [0.2, 0.25) is 0 Å². The third-order valence-corrected chi connectivity index (χ3v) is 5.16. The zero-order valence-corrected chi connectivity index (χ0v) is 16.6. The van der Waals surface area contributed by atoms with E-state index in [4.69, 9.17) is 23.6 Å². The largest absolute Gasteiger partial charge is 0.352 e. The molecule has 1 N–H and O–H groups in total. The minimum Gasteiger partial charge on any atom is -0.352 e. The number of ether oxygens (including phenoxy) is 1. The molecule has 0 bridgehead atoms. The van der Waals surface area contributed by atoms with E-state index in [1.54, 1.807) is 6.92 Å². The number of hydrogen-bond donors (Lipinski definition) is 1. The molecule has 0 saturated carbocycles. The summed E-state index contributed by atoms with van der Waals surface area (Å²) >= 11 is 0. The molecule has 3 atom stereocenters. The highest BCUT2D eigenvalue weighted by molar-refractivity contribution is 7.41. The van der Waals surface area contributed by atoms with Gasteiger partial charge in [-0.25, -0.2) is 4.79 Å². The molecule has 1 saturated heterocycles. The second-order valence-electron chi connectivity index (χ2n) is 6.22. The van der Waals surface area contributed by atoms with Crippen LogP contribution in [0, 0.1) is 18.3 Å². The number of hydrogen-bond acceptors (Lipinski definition) is 7. The SMILES string of the molecule is CCCCOP(OCCC#N)OC[C@@H]1CC[C@H](n2cc(C)c(=O)[nH]c2=O)O1. The van der Waals surface area contributed by atoms with Crippen LogP contribution < -0.4 is 11.2 Å². The standard InChI is InChI=1S/C17H26N3O6P/c1-3-4-9-23-27(24-10-5-8-18)25-12-14-6-7-15(26-14)20-11-13(2)16(21)19-17(20)22/h11,14-15H,3-7,9-10,12H2,1-2H3,(H,19,21,22)/t14-,15+,27?/m0/s1. The number of H-pyrrole nitrogens is 1. The van der Waals surface area contributed by atoms with Crippen molar-refractivity contribution in [3.05, 3.63) is 32.6 Å². The van der Waals surface area contributed by atoms with Gasteiger partial charge in [0.2, 0.25) is 0 Å². The van der Waals surface area contributed by atoms with Crippen molar-refractivity contribution in [2.24, 2.45) is 0 Å². The predicted molar refractivity (Wildman–Crippen MR) is 99.1 cm³/mol. The third kappa shape index (κ3) is 6.83. The van der Waals surface area contributed by atoms with Gasteiger partial charge in [-0.2, -0.15) is 5.26 Å². The highest BCUT2D eigenvalue weighted by Crippen LogP contribution is 2.41. The first-order chi connectivity index (χ1) is 13.0. The molecule has 0 amide bonds. The fraction of sp³-hybridized carbons (Fsp3) is 0.706. The van der Waals surface area contributed by atoms with Crippen LogP contribution in [0.15, 0.2) is 15.8 Å². The molecule has 0 radical (unpaired) electrons. The van der Waals surface area contributed by atoms with Crippen molar-refractivity contribution >= 4 is 8.60 Å². The normalized spacial score (nSPS) is 20.5. The Morgan fingerprint density at radius 3 is 2.85 bits per heavy atom. The van der Waals surface area contributed by atoms with Crippen molar-refractivity contribution in [2.75, 3.05) is 19.8 Å². The van der Waals surface area contributed by atoms with E-state index in [1.165, 1.54) is 10.8 Å². The van der Waals surface area contributed by atoms with Gasteiger partial charge in [0.1, 0.15) is 6.23 Å². The lowest BCUT2D eigenvalue weighted by Gasteiger charge is -2.19. The first-order valence-corrected chi connectivity index (χ1v) is 10.2. The van der Waals surface area contributed by atoms with E-state index in [0.29, 0.717) is 25.0 Å². The van der Waals surface area contributed by atoms with Gasteiger partial charge in [-0.05, 0) is 26.2 Å². The van der Waals surface area contributed by atoms with E-state index in [2.05, 4.69) is 11.9 Å². The van der Waals surface area contributed by atoms with Crippen LogP contribution in [0.4, 0.5) is 0 Å². The highest BCUT2D eigenvalue weighted by Gasteiger charge is 2.29. The Labute approximate surface area is 159 Å². The summed E-state index contributed by atoms with van der Waals surface area (Å²) in [5, 5.41) is 8.62. The molecule has 1 unspecified atom stereocenters. The summed E-state index contributed by atoms with van der Waals surface area (Å²) in [7, 11) is -1.53. The van der Waals surface area contributed by atoms with Crippen molar-refractivity contribution in [1.82, 2.24) is 9.55 Å². The molecule has 0 spiro atoms. The molecule has 9 nitrogen and oxygen atoms in total. The summed E-state index contributed by atoms with van der Waals surface area (Å²) in [6, 6.07) is 2.02. The van der Waals surface area contributed by atoms with E-state index in [0.717, 1.165) is 12.8 Å². The molecule has 2 heterocycles. The Hall–Kier alpha value is -1.56. The molecule has 1 aliphatic heterocycles. The summed E-state index contributed by atoms with van der Waals surface area (Å²) in [6.07, 6.45) is 4.41. The third-order valence-electron chi connectivity index (χ3n) is 4.01. The van der Waals surface area contributed by atoms with Gasteiger partial charge in [0.05, 0.1) is 38.4 Å². The molecule has 1 fully saturated rings. The van der Waals surface area contributed by atoms with Crippen LogP contribution in [0.25, 0.3) is 0 Å². The van der Waals surface area contributed by atoms with Gasteiger partial charge in [-0.3, -0.25) is 14.3 Å². The van der Waals surface area contributed by atoms with E-state index in [9.17, 15) is 9.59 Å². The zero-order valence-electron chi connectivity index (χ0n) is 15.7. The molecule has 150 valence electrons. The molecule has 2 rings (SSSR count). The molecule has 27 heavy (non-hydrogen) atoms. The zero-order chi connectivity index (χ0) is 19.6. The van der Waals surface area contributed by atoms with Crippen molar-refractivity contribution in [3.63, 3.8) is 0 Å². The van der Waals surface area contributed by atoms with E-state index >= 15 is 0 Å². The lowest BCUT2D eigenvalue weighted by molar-refractivity contribution is -0.0239. The summed E-state index contributed by atoms with van der Waals surface area (Å²) in [4.78, 5) is 25.8. The molecule has 1 aliphatic rings. The summed E-state index contributed by atoms with van der Waals surface area (Å²) in [5.74, 6) is 0. The topological polar surface area (TPSA) is 116 Å². The summed E-state index contributed by atoms with van der Waals surface area (Å²) < 4.78 is 24.1. The monoisotopic (exact) mass is 399 g/mol. The van der Waals surface area contributed by atoms with E-state index in [-0.39, 0.29) is 25.7 Å². The summed E-state index contributed by atoms with van der Waals surface area (Å²) in [5.41, 5.74) is -0.419. The second-order valence-corrected chi connectivity index (χ2v) is 7.44. The van der Waals surface area contributed by atoms with Gasteiger partial charge < -0.3 is 18.3 Å². The minimum atomic E-state index is -1.53. The maximum absolute atomic E-state index is 12.0. The molecule has 1 aromatic rings. The van der Waals surface area contributed by atoms with Crippen molar-refractivity contribution in [2.45, 2.75) is 58.3 Å². The van der Waals surface area contributed by atoms with Gasteiger partial charge in [0.25, 0.3) is 5.56 Å². The lowest BCUT2D eigenvalue weighted by atomic mass is 10.2. The van der Waals surface area contributed by atoms with Gasteiger partial charge >= 0.3 is 14.3 Å². The first kappa shape index (κ1) is 21.7. The van der Waals surface area contributed by atoms with Gasteiger partial charge in [0.15, 0.2) is 0 Å². The molecule has 0 aliphatic carbocycles. The van der Waals surface area contributed by atoms with Crippen LogP contribution >= 0.6 is 8.60 Å². The number of nitrogens with zero attached hydrogens (tertiary/aromatic N) is 2. The molecule has 10 heteroatoms. The fourth-order valence-electron chi connectivity index (χ4n) is 2.52. The molecule has 1 aromatic heterocycles. The fourth-order valence-corrected chi connectivity index (χ4v) is 3.55. The van der Waals surface area contributed by atoms with E-state index < -0.39 is 26.1 Å². The average molecular weight is 399 g/mol. The van der Waals surface area contributed by atoms with E-state index in [1.807, 2.05) is 6.07 Å². The molecule has 0 aromatic carbocycles. The van der Waals surface area contributed by atoms with Crippen LogP contribution in [-0.4, -0.2) is 35.5 Å². The van der Waals surface area contributed by atoms with Gasteiger partial charge in [-0.1, -0.05) is 13.3 Å². The van der Waals surface area contributed by atoms with Crippen LogP contribution in [0.3, 0.4) is 0 Å². The van der Waals surface area contributed by atoms with Crippen LogP contribution in [-0.2, 0) is 18.3 Å². The summed E-state index contributed by atoms with van der Waals surface area (Å²) in [6.45, 7) is 4.78. The lowest BCUT2D eigenvalue weighted by Crippen LogP contribution is -2.33. The number of aryl methyl sites for hydroxylation is 1. The Kier molecular flexibility index (Phi) is 9.11. The quantitative estimate of drug-likeness (QED) is 0.449. The number of nitrogens with one attached hydrogen (secondary N) is 1. The minimum absolute atomic E-state index is 0.200. The Balaban J connectivity index is 1.86. The molecular formula is C17H26N3O6P. The average Bonchev–Trinajstić information content (AvgIpc) is 3.11. The molecular weight excluding hydrogens is 373 g/mol. The van der Waals surface area contributed by atoms with Crippen molar-refractivity contribution in [3.8, 4) is 6.07 Å². The Morgan fingerprint density at radius 1 is 1.33 bits per heavy atom. The number of aromatic nitrogens is 2. The maximum atomic E-state index is 12.0.